The summed E-state index contributed by atoms with van der Waals surface area (Å²) in [5, 5.41) is 9.25. The molecule has 0 aliphatic heterocycles. The van der Waals surface area contributed by atoms with Crippen molar-refractivity contribution in [1.82, 2.24) is 14.8 Å². The molecule has 0 bridgehead atoms. The Bertz CT molecular complexity index is 553. The molecule has 2 rings (SSSR count). The van der Waals surface area contributed by atoms with Crippen LogP contribution in [-0.2, 0) is 13.1 Å². The van der Waals surface area contributed by atoms with E-state index in [9.17, 15) is 0 Å². The predicted molar refractivity (Wildman–Crippen MR) is 85.6 cm³/mol. The van der Waals surface area contributed by atoms with Crippen molar-refractivity contribution < 1.29 is 4.74 Å². The minimum absolute atomic E-state index is 0.424. The van der Waals surface area contributed by atoms with Crippen molar-refractivity contribution in [2.45, 2.75) is 38.5 Å². The van der Waals surface area contributed by atoms with Gasteiger partial charge in [0, 0.05) is 12.3 Å². The molecule has 0 amide bonds. The van der Waals surface area contributed by atoms with Gasteiger partial charge in [0.1, 0.15) is 11.6 Å². The summed E-state index contributed by atoms with van der Waals surface area (Å²) < 4.78 is 7.81. The van der Waals surface area contributed by atoms with Crippen molar-refractivity contribution in [3.63, 3.8) is 0 Å². The molecule has 1 aromatic carbocycles. The van der Waals surface area contributed by atoms with Crippen LogP contribution < -0.4 is 10.5 Å². The van der Waals surface area contributed by atoms with Crippen LogP contribution in [0, 0.1) is 6.92 Å². The van der Waals surface area contributed by atoms with Gasteiger partial charge in [-0.15, -0.1) is 10.2 Å². The van der Waals surface area contributed by atoms with Gasteiger partial charge in [0.2, 0.25) is 0 Å². The minimum atomic E-state index is 0.424. The van der Waals surface area contributed by atoms with Gasteiger partial charge in [0.15, 0.2) is 5.16 Å². The van der Waals surface area contributed by atoms with Gasteiger partial charge in [0.05, 0.1) is 13.2 Å². The summed E-state index contributed by atoms with van der Waals surface area (Å²) in [6.07, 6.45) is 1.04. The van der Waals surface area contributed by atoms with Crippen molar-refractivity contribution in [2.75, 3.05) is 12.4 Å². The zero-order valence-electron chi connectivity index (χ0n) is 12.6. The zero-order valence-corrected chi connectivity index (χ0v) is 13.4. The Balaban J connectivity index is 1.83. The van der Waals surface area contributed by atoms with E-state index in [2.05, 4.69) is 28.6 Å². The van der Waals surface area contributed by atoms with Crippen LogP contribution in [0.15, 0.2) is 29.4 Å². The molecule has 1 aromatic heterocycles. The van der Waals surface area contributed by atoms with E-state index < -0.39 is 0 Å². The number of rotatable bonds is 8. The van der Waals surface area contributed by atoms with Crippen LogP contribution in [0.5, 0.6) is 5.75 Å². The van der Waals surface area contributed by atoms with Crippen molar-refractivity contribution in [2.24, 2.45) is 5.73 Å². The molecule has 6 heteroatoms. The molecule has 0 spiro atoms. The van der Waals surface area contributed by atoms with Crippen LogP contribution in [-0.4, -0.2) is 27.1 Å². The second kappa shape index (κ2) is 8.05. The number of aromatic nitrogens is 3. The number of aryl methyl sites for hydroxylation is 1. The van der Waals surface area contributed by atoms with Gasteiger partial charge >= 0.3 is 0 Å². The summed E-state index contributed by atoms with van der Waals surface area (Å²) in [6.45, 7) is 6.17. The standard InChI is InChI=1S/C15H22N4OS/c1-3-8-19-14(11-16)17-18-15(19)21-10-9-20-13-6-4-12(2)5-7-13/h4-7H,3,8-11,16H2,1-2H3. The van der Waals surface area contributed by atoms with Crippen LogP contribution >= 0.6 is 11.8 Å². The lowest BCUT2D eigenvalue weighted by Gasteiger charge is -2.08. The third-order valence-corrected chi connectivity index (χ3v) is 3.96. The highest BCUT2D eigenvalue weighted by molar-refractivity contribution is 7.99. The zero-order chi connectivity index (χ0) is 15.1. The Labute approximate surface area is 129 Å². The van der Waals surface area contributed by atoms with E-state index in [-0.39, 0.29) is 0 Å². The molecular formula is C15H22N4OS. The van der Waals surface area contributed by atoms with E-state index >= 15 is 0 Å². The summed E-state index contributed by atoms with van der Waals surface area (Å²) in [7, 11) is 0. The molecule has 21 heavy (non-hydrogen) atoms. The lowest BCUT2D eigenvalue weighted by atomic mass is 10.2. The molecule has 1 heterocycles. The normalized spacial score (nSPS) is 10.8. The predicted octanol–water partition coefficient (Wildman–Crippen LogP) is 2.63. The summed E-state index contributed by atoms with van der Waals surface area (Å²) in [5.74, 6) is 2.58. The largest absolute Gasteiger partial charge is 0.493 e. The number of thioether (sulfide) groups is 1. The monoisotopic (exact) mass is 306 g/mol. The third-order valence-electron chi connectivity index (χ3n) is 3.03. The average Bonchev–Trinajstić information content (AvgIpc) is 2.88. The van der Waals surface area contributed by atoms with E-state index in [1.807, 2.05) is 24.3 Å². The van der Waals surface area contributed by atoms with E-state index in [0.717, 1.165) is 35.4 Å². The molecular weight excluding hydrogens is 284 g/mol. The van der Waals surface area contributed by atoms with Crippen molar-refractivity contribution in [3.8, 4) is 5.75 Å². The van der Waals surface area contributed by atoms with E-state index in [0.29, 0.717) is 13.2 Å². The number of hydrogen-bond donors (Lipinski definition) is 1. The summed E-state index contributed by atoms with van der Waals surface area (Å²) in [4.78, 5) is 0. The number of ether oxygens (including phenoxy) is 1. The quantitative estimate of drug-likeness (QED) is 0.600. The maximum absolute atomic E-state index is 5.71. The second-order valence-electron chi connectivity index (χ2n) is 4.76. The molecule has 0 radical (unpaired) electrons. The lowest BCUT2D eigenvalue weighted by Crippen LogP contribution is -2.09. The lowest BCUT2D eigenvalue weighted by molar-refractivity contribution is 0.343. The molecule has 0 saturated carbocycles. The maximum atomic E-state index is 5.71. The molecule has 0 unspecified atom stereocenters. The Morgan fingerprint density at radius 1 is 1.24 bits per heavy atom. The second-order valence-corrected chi connectivity index (χ2v) is 5.83. The minimum Gasteiger partial charge on any atom is -0.493 e. The SMILES string of the molecule is CCCn1c(CN)nnc1SCCOc1ccc(C)cc1. The Morgan fingerprint density at radius 2 is 2.00 bits per heavy atom. The first-order valence-electron chi connectivity index (χ1n) is 7.19. The fraction of sp³-hybridized carbons (Fsp3) is 0.467. The summed E-state index contributed by atoms with van der Waals surface area (Å²) >= 11 is 1.65. The van der Waals surface area contributed by atoms with Crippen LogP contribution in [0.4, 0.5) is 0 Å². The molecule has 0 saturated heterocycles. The maximum Gasteiger partial charge on any atom is 0.191 e. The number of nitrogens with two attached hydrogens (primary N) is 1. The number of benzene rings is 1. The molecule has 0 fully saturated rings. The van der Waals surface area contributed by atoms with Gasteiger partial charge < -0.3 is 15.0 Å². The first-order valence-corrected chi connectivity index (χ1v) is 8.17. The molecule has 0 aliphatic rings. The number of nitrogens with zero attached hydrogens (tertiary/aromatic N) is 3. The van der Waals surface area contributed by atoms with Crippen molar-refractivity contribution >= 4 is 11.8 Å². The van der Waals surface area contributed by atoms with Crippen molar-refractivity contribution in [1.29, 1.82) is 0 Å². The first kappa shape index (κ1) is 15.9. The summed E-state index contributed by atoms with van der Waals surface area (Å²) in [6, 6.07) is 8.08. The van der Waals surface area contributed by atoms with E-state index in [4.69, 9.17) is 10.5 Å². The Morgan fingerprint density at radius 3 is 2.67 bits per heavy atom. The summed E-state index contributed by atoms with van der Waals surface area (Å²) in [5.41, 5.74) is 6.91. The van der Waals surface area contributed by atoms with Gasteiger partial charge in [-0.05, 0) is 25.5 Å². The molecule has 2 N–H and O–H groups in total. The highest BCUT2D eigenvalue weighted by Gasteiger charge is 2.10. The highest BCUT2D eigenvalue weighted by atomic mass is 32.2. The Hall–Kier alpha value is -1.53. The van der Waals surface area contributed by atoms with E-state index in [1.165, 1.54) is 5.56 Å². The molecule has 0 aliphatic carbocycles. The fourth-order valence-corrected chi connectivity index (χ4v) is 2.75. The van der Waals surface area contributed by atoms with Crippen LogP contribution in [0.25, 0.3) is 0 Å². The molecule has 114 valence electrons. The average molecular weight is 306 g/mol. The van der Waals surface area contributed by atoms with Gasteiger partial charge in [-0.3, -0.25) is 0 Å². The van der Waals surface area contributed by atoms with E-state index in [1.54, 1.807) is 11.8 Å². The smallest absolute Gasteiger partial charge is 0.191 e. The molecule has 5 nitrogen and oxygen atoms in total. The van der Waals surface area contributed by atoms with Crippen LogP contribution in [0.2, 0.25) is 0 Å². The van der Waals surface area contributed by atoms with Crippen molar-refractivity contribution in [3.05, 3.63) is 35.7 Å². The molecule has 0 atom stereocenters. The fourth-order valence-electron chi connectivity index (χ4n) is 1.95. The van der Waals surface area contributed by atoms with Gasteiger partial charge in [-0.1, -0.05) is 36.4 Å². The molecule has 2 aromatic rings. The highest BCUT2D eigenvalue weighted by Crippen LogP contribution is 2.18. The third kappa shape index (κ3) is 4.47. The number of hydrogen-bond acceptors (Lipinski definition) is 5. The van der Waals surface area contributed by atoms with Gasteiger partial charge in [0.25, 0.3) is 0 Å². The topological polar surface area (TPSA) is 66.0 Å². The van der Waals surface area contributed by atoms with Crippen LogP contribution in [0.1, 0.15) is 24.7 Å². The van der Waals surface area contributed by atoms with Crippen LogP contribution in [0.3, 0.4) is 0 Å². The van der Waals surface area contributed by atoms with Gasteiger partial charge in [-0.2, -0.15) is 0 Å². The first-order chi connectivity index (χ1) is 10.2. The Kier molecular flexibility index (Phi) is 6.07. The van der Waals surface area contributed by atoms with Gasteiger partial charge in [-0.25, -0.2) is 0 Å².